The monoisotopic (exact) mass is 381 g/mol. The quantitative estimate of drug-likeness (QED) is 0.773. The molecule has 0 bridgehead atoms. The summed E-state index contributed by atoms with van der Waals surface area (Å²) in [4.78, 5) is 14.7. The first-order chi connectivity index (χ1) is 12.0. The number of benzene rings is 1. The van der Waals surface area contributed by atoms with E-state index in [2.05, 4.69) is 9.62 Å². The minimum absolute atomic E-state index is 0.250. The van der Waals surface area contributed by atoms with E-state index in [0.717, 1.165) is 23.4 Å². The van der Waals surface area contributed by atoms with Crippen LogP contribution in [0.4, 0.5) is 11.4 Å². The van der Waals surface area contributed by atoms with Gasteiger partial charge in [-0.25, -0.2) is 8.42 Å². The summed E-state index contributed by atoms with van der Waals surface area (Å²) in [5.74, 6) is 0.454. The van der Waals surface area contributed by atoms with E-state index in [-0.39, 0.29) is 4.21 Å². The van der Waals surface area contributed by atoms with Gasteiger partial charge in [-0.2, -0.15) is 0 Å². The SMILES string of the molecule is COc1ccc(N2CCN(C=O)CC2)cc1NS(=O)(=O)c1cccs1. The smallest absolute Gasteiger partial charge is 0.271 e. The number of carbonyl (C=O) groups is 1. The van der Waals surface area contributed by atoms with Crippen LogP contribution < -0.4 is 14.4 Å². The van der Waals surface area contributed by atoms with E-state index >= 15 is 0 Å². The van der Waals surface area contributed by atoms with Gasteiger partial charge in [-0.05, 0) is 29.6 Å². The van der Waals surface area contributed by atoms with E-state index < -0.39 is 10.0 Å². The molecule has 1 aromatic heterocycles. The number of methoxy groups -OCH3 is 1. The van der Waals surface area contributed by atoms with Gasteiger partial charge in [0.2, 0.25) is 6.41 Å². The van der Waals surface area contributed by atoms with E-state index in [1.807, 2.05) is 6.07 Å². The van der Waals surface area contributed by atoms with Gasteiger partial charge in [0.1, 0.15) is 9.96 Å². The van der Waals surface area contributed by atoms with Crippen LogP contribution in [0.25, 0.3) is 0 Å². The Morgan fingerprint density at radius 2 is 1.96 bits per heavy atom. The number of sulfonamides is 1. The second-order valence-corrected chi connectivity index (χ2v) is 8.41. The maximum atomic E-state index is 12.5. The number of rotatable bonds is 6. The van der Waals surface area contributed by atoms with Crippen LogP contribution in [0.3, 0.4) is 0 Å². The van der Waals surface area contributed by atoms with E-state index in [9.17, 15) is 13.2 Å². The van der Waals surface area contributed by atoms with Crippen molar-refractivity contribution in [3.63, 3.8) is 0 Å². The van der Waals surface area contributed by atoms with Gasteiger partial charge in [0.05, 0.1) is 12.8 Å². The second kappa shape index (κ2) is 7.32. The van der Waals surface area contributed by atoms with E-state index in [4.69, 9.17) is 4.74 Å². The molecule has 0 unspecified atom stereocenters. The summed E-state index contributed by atoms with van der Waals surface area (Å²) in [5, 5.41) is 1.72. The molecule has 134 valence electrons. The zero-order chi connectivity index (χ0) is 17.9. The zero-order valence-corrected chi connectivity index (χ0v) is 15.3. The molecule has 7 nitrogen and oxygen atoms in total. The van der Waals surface area contributed by atoms with Gasteiger partial charge in [0.15, 0.2) is 0 Å². The molecule has 1 amide bonds. The molecule has 0 radical (unpaired) electrons. The Bertz CT molecular complexity index is 829. The third kappa shape index (κ3) is 3.88. The number of amides is 1. The van der Waals surface area contributed by atoms with Crippen molar-refractivity contribution in [2.75, 3.05) is 42.9 Å². The molecule has 2 aromatic rings. The van der Waals surface area contributed by atoms with Crippen molar-refractivity contribution in [3.05, 3.63) is 35.7 Å². The Morgan fingerprint density at radius 3 is 2.56 bits per heavy atom. The molecule has 1 fully saturated rings. The normalized spacial score (nSPS) is 15.1. The average molecular weight is 381 g/mol. The van der Waals surface area contributed by atoms with Crippen molar-refractivity contribution in [2.45, 2.75) is 4.21 Å². The Kier molecular flexibility index (Phi) is 5.14. The van der Waals surface area contributed by atoms with Crippen LogP contribution in [0, 0.1) is 0 Å². The molecule has 0 aliphatic carbocycles. The summed E-state index contributed by atoms with van der Waals surface area (Å²) in [6.07, 6.45) is 0.853. The highest BCUT2D eigenvalue weighted by molar-refractivity contribution is 7.94. The lowest BCUT2D eigenvalue weighted by molar-refractivity contribution is -0.118. The highest BCUT2D eigenvalue weighted by Gasteiger charge is 2.20. The summed E-state index contributed by atoms with van der Waals surface area (Å²) >= 11 is 1.16. The molecule has 1 saturated heterocycles. The Balaban J connectivity index is 1.85. The molecule has 0 saturated carbocycles. The molecule has 9 heteroatoms. The molecule has 0 spiro atoms. The maximum Gasteiger partial charge on any atom is 0.271 e. The molecule has 1 aliphatic rings. The summed E-state index contributed by atoms with van der Waals surface area (Å²) in [7, 11) is -2.15. The summed E-state index contributed by atoms with van der Waals surface area (Å²) < 4.78 is 33.1. The molecular weight excluding hydrogens is 362 g/mol. The average Bonchev–Trinajstić information content (AvgIpc) is 3.17. The van der Waals surface area contributed by atoms with Gasteiger partial charge in [0.25, 0.3) is 10.0 Å². The van der Waals surface area contributed by atoms with Crippen molar-refractivity contribution in [2.24, 2.45) is 0 Å². The van der Waals surface area contributed by atoms with Gasteiger partial charge in [0, 0.05) is 31.9 Å². The van der Waals surface area contributed by atoms with E-state index in [1.54, 1.807) is 34.5 Å². The number of thiophene rings is 1. The van der Waals surface area contributed by atoms with Crippen LogP contribution in [0.15, 0.2) is 39.9 Å². The highest BCUT2D eigenvalue weighted by atomic mass is 32.2. The molecule has 25 heavy (non-hydrogen) atoms. The molecule has 0 atom stereocenters. The number of hydrogen-bond donors (Lipinski definition) is 1. The van der Waals surface area contributed by atoms with Gasteiger partial charge >= 0.3 is 0 Å². The molecule has 2 heterocycles. The predicted molar refractivity (Wildman–Crippen MR) is 98.0 cm³/mol. The van der Waals surface area contributed by atoms with Crippen LogP contribution in [-0.2, 0) is 14.8 Å². The van der Waals surface area contributed by atoms with Crippen LogP contribution >= 0.6 is 11.3 Å². The highest BCUT2D eigenvalue weighted by Crippen LogP contribution is 2.32. The number of nitrogens with one attached hydrogen (secondary N) is 1. The number of hydrogen-bond acceptors (Lipinski definition) is 6. The van der Waals surface area contributed by atoms with Gasteiger partial charge in [-0.15, -0.1) is 11.3 Å². The van der Waals surface area contributed by atoms with Crippen LogP contribution in [0.2, 0.25) is 0 Å². The minimum Gasteiger partial charge on any atom is -0.495 e. The first kappa shape index (κ1) is 17.6. The standard InChI is InChI=1S/C16H19N3O4S2/c1-23-15-5-4-13(19-8-6-18(12-20)7-9-19)11-14(15)17-25(21,22)16-3-2-10-24-16/h2-5,10-12,17H,6-9H2,1H3. The number of piperazine rings is 1. The third-order valence-electron chi connectivity index (χ3n) is 4.02. The Hall–Kier alpha value is -2.26. The van der Waals surface area contributed by atoms with Gasteiger partial charge in [-0.3, -0.25) is 9.52 Å². The molecule has 1 aromatic carbocycles. The van der Waals surface area contributed by atoms with Gasteiger partial charge in [-0.1, -0.05) is 6.07 Å². The fraction of sp³-hybridized carbons (Fsp3) is 0.312. The van der Waals surface area contributed by atoms with Gasteiger partial charge < -0.3 is 14.5 Å². The number of anilines is 2. The van der Waals surface area contributed by atoms with Crippen LogP contribution in [-0.4, -0.2) is 53.0 Å². The van der Waals surface area contributed by atoms with Crippen molar-refractivity contribution >= 4 is 39.1 Å². The first-order valence-electron chi connectivity index (χ1n) is 7.72. The largest absolute Gasteiger partial charge is 0.495 e. The van der Waals surface area contributed by atoms with Crippen LogP contribution in [0.5, 0.6) is 5.75 Å². The molecular formula is C16H19N3O4S2. The topological polar surface area (TPSA) is 79.0 Å². The number of carbonyl (C=O) groups excluding carboxylic acids is 1. The molecule has 1 aliphatic heterocycles. The first-order valence-corrected chi connectivity index (χ1v) is 10.1. The summed E-state index contributed by atoms with van der Waals surface area (Å²) in [5.41, 5.74) is 1.28. The number of nitrogens with zero attached hydrogens (tertiary/aromatic N) is 2. The maximum absolute atomic E-state index is 12.5. The van der Waals surface area contributed by atoms with E-state index in [1.165, 1.54) is 7.11 Å². The van der Waals surface area contributed by atoms with E-state index in [0.29, 0.717) is 37.6 Å². The predicted octanol–water partition coefficient (Wildman–Crippen LogP) is 1.84. The van der Waals surface area contributed by atoms with Crippen molar-refractivity contribution < 1.29 is 17.9 Å². The molecule has 3 rings (SSSR count). The lowest BCUT2D eigenvalue weighted by atomic mass is 10.2. The second-order valence-electron chi connectivity index (χ2n) is 5.55. The lowest BCUT2D eigenvalue weighted by Gasteiger charge is -2.34. The Labute approximate surface area is 150 Å². The third-order valence-corrected chi connectivity index (χ3v) is 6.78. The van der Waals surface area contributed by atoms with Crippen molar-refractivity contribution in [1.29, 1.82) is 0 Å². The van der Waals surface area contributed by atoms with Crippen molar-refractivity contribution in [1.82, 2.24) is 4.90 Å². The summed E-state index contributed by atoms with van der Waals surface area (Å²) in [6.45, 7) is 2.68. The van der Waals surface area contributed by atoms with Crippen LogP contribution in [0.1, 0.15) is 0 Å². The fourth-order valence-electron chi connectivity index (χ4n) is 2.67. The van der Waals surface area contributed by atoms with Crippen molar-refractivity contribution in [3.8, 4) is 5.75 Å². The summed E-state index contributed by atoms with van der Waals surface area (Å²) in [6, 6.07) is 8.65. The molecule has 1 N–H and O–H groups in total. The minimum atomic E-state index is -3.65. The lowest BCUT2D eigenvalue weighted by Crippen LogP contribution is -2.45. The number of ether oxygens (including phenoxy) is 1. The zero-order valence-electron chi connectivity index (χ0n) is 13.7. The fourth-order valence-corrected chi connectivity index (χ4v) is 4.72. The Morgan fingerprint density at radius 1 is 1.20 bits per heavy atom.